The lowest BCUT2D eigenvalue weighted by molar-refractivity contribution is -0.127. The van der Waals surface area contributed by atoms with Gasteiger partial charge in [-0.2, -0.15) is 8.42 Å². The molecule has 0 aromatic heterocycles. The maximum atomic E-state index is 12.3. The van der Waals surface area contributed by atoms with Crippen molar-refractivity contribution in [2.45, 2.75) is 19.8 Å². The average molecular weight is 341 g/mol. The van der Waals surface area contributed by atoms with E-state index >= 15 is 0 Å². The van der Waals surface area contributed by atoms with Crippen LogP contribution >= 0.6 is 0 Å². The Bertz CT molecular complexity index is 707. The van der Waals surface area contributed by atoms with E-state index in [2.05, 4.69) is 9.68 Å². The molecule has 1 aromatic rings. The van der Waals surface area contributed by atoms with Gasteiger partial charge in [0.1, 0.15) is 11.4 Å². The summed E-state index contributed by atoms with van der Waals surface area (Å²) in [5.74, 6) is -0.104. The highest BCUT2D eigenvalue weighted by molar-refractivity contribution is 7.61. The normalized spacial score (nSPS) is 9.87. The third kappa shape index (κ3) is 5.37. The molecule has 0 fully saturated rings. The molecule has 23 heavy (non-hydrogen) atoms. The first-order chi connectivity index (χ1) is 10.9. The molecule has 9 heteroatoms. The first kappa shape index (κ1) is 18.6. The second-order valence-electron chi connectivity index (χ2n) is 4.59. The average Bonchev–Trinajstić information content (AvgIpc) is 2.51. The van der Waals surface area contributed by atoms with E-state index in [9.17, 15) is 18.0 Å². The van der Waals surface area contributed by atoms with Crippen LogP contribution in [0.25, 0.3) is 0 Å². The maximum Gasteiger partial charge on any atom is 0.323 e. The van der Waals surface area contributed by atoms with E-state index < -0.39 is 16.5 Å². The van der Waals surface area contributed by atoms with Crippen molar-refractivity contribution in [3.05, 3.63) is 23.8 Å². The third-order valence-corrected chi connectivity index (χ3v) is 3.32. The van der Waals surface area contributed by atoms with Gasteiger partial charge in [0.05, 0.1) is 13.5 Å². The Morgan fingerprint density at radius 2 is 2.04 bits per heavy atom. The molecule has 0 saturated heterocycles. The molecule has 0 aliphatic carbocycles. The van der Waals surface area contributed by atoms with E-state index in [1.807, 2.05) is 6.92 Å². The van der Waals surface area contributed by atoms with Crippen LogP contribution in [0.4, 0.5) is 10.5 Å². The Balaban J connectivity index is 3.05. The number of carbonyl (C=O) groups is 2. The van der Waals surface area contributed by atoms with Crippen molar-refractivity contribution in [1.29, 1.82) is 0 Å². The number of urea groups is 1. The van der Waals surface area contributed by atoms with Crippen LogP contribution in [0.2, 0.25) is 0 Å². The zero-order valence-electron chi connectivity index (χ0n) is 13.2. The number of hydrogen-bond acceptors (Lipinski definition) is 6. The van der Waals surface area contributed by atoms with Crippen LogP contribution in [-0.2, 0) is 21.7 Å². The maximum absolute atomic E-state index is 12.3. The van der Waals surface area contributed by atoms with Crippen LogP contribution in [0, 0.1) is 0 Å². The number of rotatable bonds is 6. The van der Waals surface area contributed by atoms with Gasteiger partial charge in [0, 0.05) is 13.6 Å². The van der Waals surface area contributed by atoms with Gasteiger partial charge in [0.2, 0.25) is 5.91 Å². The van der Waals surface area contributed by atoms with Crippen molar-refractivity contribution in [1.82, 2.24) is 10.2 Å². The molecule has 0 atom stereocenters. The quantitative estimate of drug-likeness (QED) is 0.844. The molecule has 0 bridgehead atoms. The lowest BCUT2D eigenvalue weighted by Crippen LogP contribution is -2.43. The molecule has 1 rings (SSSR count). The summed E-state index contributed by atoms with van der Waals surface area (Å²) in [4.78, 5) is 25.1. The molecule has 1 aromatic carbocycles. The summed E-state index contributed by atoms with van der Waals surface area (Å²) in [6, 6.07) is 4.12. The smallest absolute Gasteiger partial charge is 0.323 e. The topological polar surface area (TPSA) is 105 Å². The highest BCUT2D eigenvalue weighted by Crippen LogP contribution is 2.28. The zero-order valence-corrected chi connectivity index (χ0v) is 14.0. The molecule has 0 unspecified atom stereocenters. The van der Waals surface area contributed by atoms with E-state index in [0.717, 1.165) is 4.90 Å². The van der Waals surface area contributed by atoms with E-state index in [0.29, 0.717) is 18.5 Å². The highest BCUT2D eigenvalue weighted by atomic mass is 32.2. The molecule has 8 nitrogen and oxygen atoms in total. The van der Waals surface area contributed by atoms with Crippen molar-refractivity contribution in [3.8, 4) is 5.75 Å². The Morgan fingerprint density at radius 1 is 1.35 bits per heavy atom. The molecule has 0 aliphatic rings. The second-order valence-corrected chi connectivity index (χ2v) is 5.21. The lowest BCUT2D eigenvalue weighted by atomic mass is 10.1. The van der Waals surface area contributed by atoms with E-state index in [1.54, 1.807) is 6.07 Å². The van der Waals surface area contributed by atoms with Gasteiger partial charge in [-0.25, -0.2) is 4.79 Å². The minimum absolute atomic E-state index is 0.0502. The van der Waals surface area contributed by atoms with Crippen LogP contribution < -0.4 is 10.1 Å². The molecule has 0 aliphatic heterocycles. The number of ether oxygens (including phenoxy) is 1. The predicted molar refractivity (Wildman–Crippen MR) is 84.2 cm³/mol. The Labute approximate surface area is 136 Å². The Kier molecular flexibility index (Phi) is 7.20. The molecule has 1 N–H and O–H groups in total. The third-order valence-electron chi connectivity index (χ3n) is 2.98. The number of benzene rings is 1. The van der Waals surface area contributed by atoms with E-state index in [-0.39, 0.29) is 23.8 Å². The minimum Gasteiger partial charge on any atom is -0.494 e. The molecule has 0 saturated carbocycles. The summed E-state index contributed by atoms with van der Waals surface area (Å²) in [6.07, 6.45) is 0.586. The van der Waals surface area contributed by atoms with Crippen LogP contribution in [-0.4, -0.2) is 46.0 Å². The molecule has 0 radical (unpaired) electrons. The summed E-state index contributed by atoms with van der Waals surface area (Å²) in [6.45, 7) is 2.16. The SMILES string of the molecule is CCCN(C(=O)Cc1ccc(OC)c(N=S(=O)=O)c1)C(=O)NC. The number of nitrogens with zero attached hydrogens (tertiary/aromatic N) is 2. The first-order valence-corrected chi connectivity index (χ1v) is 7.96. The standard InChI is InChI=1S/C14H19N3O5S/c1-4-7-17(14(19)15-2)13(18)9-10-5-6-12(22-3)11(8-10)16-23(20)21/h5-6,8H,4,7,9H2,1-3H3,(H,15,19). The Morgan fingerprint density at radius 3 is 2.57 bits per heavy atom. The number of amides is 3. The molecule has 126 valence electrons. The number of imide groups is 1. The number of methoxy groups -OCH3 is 1. The van der Waals surface area contributed by atoms with Crippen LogP contribution in [0.15, 0.2) is 22.6 Å². The minimum atomic E-state index is -2.63. The van der Waals surface area contributed by atoms with Gasteiger partial charge in [-0.1, -0.05) is 13.0 Å². The highest BCUT2D eigenvalue weighted by Gasteiger charge is 2.20. The van der Waals surface area contributed by atoms with Gasteiger partial charge in [-0.05, 0) is 24.1 Å². The summed E-state index contributed by atoms with van der Waals surface area (Å²) in [5, 5.41) is 2.42. The van der Waals surface area contributed by atoms with Gasteiger partial charge >= 0.3 is 16.5 Å². The number of carbonyl (C=O) groups excluding carboxylic acids is 2. The lowest BCUT2D eigenvalue weighted by Gasteiger charge is -2.19. The summed E-state index contributed by atoms with van der Waals surface area (Å²) in [7, 11) is 0.207. The van der Waals surface area contributed by atoms with Gasteiger partial charge < -0.3 is 10.1 Å². The van der Waals surface area contributed by atoms with Crippen LogP contribution in [0.5, 0.6) is 5.75 Å². The van der Waals surface area contributed by atoms with Crippen molar-refractivity contribution in [3.63, 3.8) is 0 Å². The monoisotopic (exact) mass is 341 g/mol. The summed E-state index contributed by atoms with van der Waals surface area (Å²) >= 11 is 0. The van der Waals surface area contributed by atoms with Gasteiger partial charge in [0.15, 0.2) is 0 Å². The molecular weight excluding hydrogens is 322 g/mol. The van der Waals surface area contributed by atoms with Gasteiger partial charge in [-0.3, -0.25) is 9.69 Å². The molecule has 0 heterocycles. The molecule has 0 spiro atoms. The van der Waals surface area contributed by atoms with Crippen molar-refractivity contribution in [2.75, 3.05) is 20.7 Å². The van der Waals surface area contributed by atoms with E-state index in [1.165, 1.54) is 26.3 Å². The number of hydrogen-bond donors (Lipinski definition) is 1. The van der Waals surface area contributed by atoms with Gasteiger partial charge in [0.25, 0.3) is 0 Å². The number of nitrogens with one attached hydrogen (secondary N) is 1. The molecule has 3 amide bonds. The summed E-state index contributed by atoms with van der Waals surface area (Å²) in [5.41, 5.74) is 0.637. The fourth-order valence-corrected chi connectivity index (χ4v) is 2.27. The van der Waals surface area contributed by atoms with Crippen molar-refractivity contribution >= 4 is 28.1 Å². The predicted octanol–water partition coefficient (Wildman–Crippen LogP) is 1.51. The fourth-order valence-electron chi connectivity index (χ4n) is 1.97. The zero-order chi connectivity index (χ0) is 17.4. The van der Waals surface area contributed by atoms with Gasteiger partial charge in [-0.15, -0.1) is 4.36 Å². The Hall–Kier alpha value is -2.42. The molecular formula is C14H19N3O5S. The van der Waals surface area contributed by atoms with Crippen LogP contribution in [0.3, 0.4) is 0 Å². The summed E-state index contributed by atoms with van der Waals surface area (Å²) < 4.78 is 29.9. The first-order valence-electron chi connectivity index (χ1n) is 6.93. The van der Waals surface area contributed by atoms with Crippen molar-refractivity contribution in [2.24, 2.45) is 4.36 Å². The van der Waals surface area contributed by atoms with Crippen molar-refractivity contribution < 1.29 is 22.7 Å². The van der Waals surface area contributed by atoms with Crippen LogP contribution in [0.1, 0.15) is 18.9 Å². The fraction of sp³-hybridized carbons (Fsp3) is 0.429. The largest absolute Gasteiger partial charge is 0.494 e. The van der Waals surface area contributed by atoms with E-state index in [4.69, 9.17) is 4.74 Å². The second kappa shape index (κ2) is 8.89.